The lowest BCUT2D eigenvalue weighted by molar-refractivity contribution is 0.0956. The molecule has 0 saturated heterocycles. The molecule has 0 atom stereocenters. The number of rotatable bonds is 4. The van der Waals surface area contributed by atoms with Gasteiger partial charge >= 0.3 is 0 Å². The normalized spacial score (nSPS) is 11.5. The Bertz CT molecular complexity index is 1240. The maximum absolute atomic E-state index is 13.0. The summed E-state index contributed by atoms with van der Waals surface area (Å²) < 4.78 is 0. The molecule has 0 fully saturated rings. The number of aromatic nitrogens is 1. The Hall–Kier alpha value is -3.99. The van der Waals surface area contributed by atoms with Gasteiger partial charge in [-0.25, -0.2) is 10.4 Å². The Morgan fingerprint density at radius 3 is 2.40 bits per heavy atom. The number of pyridine rings is 1. The predicted molar refractivity (Wildman–Crippen MR) is 120 cm³/mol. The van der Waals surface area contributed by atoms with Crippen molar-refractivity contribution in [3.8, 4) is 17.0 Å². The maximum Gasteiger partial charge on any atom is 0.272 e. The number of hydrogen-bond donors (Lipinski definition) is 2. The Balaban J connectivity index is 1.70. The summed E-state index contributed by atoms with van der Waals surface area (Å²) in [5.74, 6) is -0.123. The maximum atomic E-state index is 13.0. The third-order valence-corrected chi connectivity index (χ3v) is 4.92. The van der Waals surface area contributed by atoms with E-state index in [-0.39, 0.29) is 11.7 Å². The highest BCUT2D eigenvalue weighted by Gasteiger charge is 2.14. The molecule has 1 heterocycles. The van der Waals surface area contributed by atoms with E-state index in [1.165, 1.54) is 0 Å². The van der Waals surface area contributed by atoms with Crippen LogP contribution in [0.25, 0.3) is 22.2 Å². The number of fused-ring (bicyclic) bond motifs is 1. The summed E-state index contributed by atoms with van der Waals surface area (Å²) in [5, 5.41) is 14.4. The molecule has 0 aliphatic heterocycles. The number of aromatic hydroxyl groups is 1. The lowest BCUT2D eigenvalue weighted by Gasteiger charge is -2.10. The molecule has 4 aromatic rings. The molecule has 1 amide bonds. The van der Waals surface area contributed by atoms with Crippen LogP contribution in [0.4, 0.5) is 0 Å². The smallest absolute Gasteiger partial charge is 0.272 e. The number of carbonyl (C=O) groups excluding carboxylic acids is 1. The van der Waals surface area contributed by atoms with E-state index < -0.39 is 0 Å². The Labute approximate surface area is 174 Å². The summed E-state index contributed by atoms with van der Waals surface area (Å²) in [7, 11) is 0. The van der Waals surface area contributed by atoms with Crippen LogP contribution in [-0.4, -0.2) is 21.7 Å². The van der Waals surface area contributed by atoms with Gasteiger partial charge in [-0.1, -0.05) is 48.0 Å². The second-order valence-corrected chi connectivity index (χ2v) is 7.12. The van der Waals surface area contributed by atoms with Gasteiger partial charge in [-0.3, -0.25) is 4.79 Å². The highest BCUT2D eigenvalue weighted by molar-refractivity contribution is 6.08. The number of phenols is 1. The topological polar surface area (TPSA) is 74.6 Å². The largest absolute Gasteiger partial charge is 0.508 e. The first kappa shape index (κ1) is 19.3. The van der Waals surface area contributed by atoms with Crippen molar-refractivity contribution in [2.75, 3.05) is 0 Å². The van der Waals surface area contributed by atoms with E-state index in [1.807, 2.05) is 55.5 Å². The van der Waals surface area contributed by atoms with Gasteiger partial charge in [-0.15, -0.1) is 0 Å². The number of hydrogen-bond acceptors (Lipinski definition) is 4. The molecule has 0 unspecified atom stereocenters. The molecular formula is C25H21N3O2. The van der Waals surface area contributed by atoms with Crippen molar-refractivity contribution in [2.24, 2.45) is 5.10 Å². The summed E-state index contributed by atoms with van der Waals surface area (Å²) >= 11 is 0. The SMILES string of the molecule is C/C(=N/NC(=O)c1cc(-c2ccc(C)cc2)nc2ccccc12)c1ccc(O)cc1. The number of benzene rings is 3. The van der Waals surface area contributed by atoms with E-state index in [0.29, 0.717) is 11.3 Å². The lowest BCUT2D eigenvalue weighted by Crippen LogP contribution is -2.20. The highest BCUT2D eigenvalue weighted by Crippen LogP contribution is 2.25. The zero-order valence-electron chi connectivity index (χ0n) is 16.8. The number of hydrazone groups is 1. The number of nitrogens with zero attached hydrogens (tertiary/aromatic N) is 2. The lowest BCUT2D eigenvalue weighted by atomic mass is 10.0. The molecule has 0 spiro atoms. The summed E-state index contributed by atoms with van der Waals surface area (Å²) in [4.78, 5) is 17.7. The molecule has 2 N–H and O–H groups in total. The predicted octanol–water partition coefficient (Wildman–Crippen LogP) is 5.07. The van der Waals surface area contributed by atoms with Crippen LogP contribution in [0.1, 0.15) is 28.4 Å². The minimum atomic E-state index is -0.305. The molecule has 3 aromatic carbocycles. The molecule has 5 nitrogen and oxygen atoms in total. The zero-order valence-corrected chi connectivity index (χ0v) is 16.8. The number of aryl methyl sites for hydroxylation is 1. The quantitative estimate of drug-likeness (QED) is 0.374. The van der Waals surface area contributed by atoms with Crippen molar-refractivity contribution in [1.82, 2.24) is 10.4 Å². The number of phenolic OH excluding ortho intramolecular Hbond substituents is 1. The third kappa shape index (κ3) is 4.05. The fourth-order valence-corrected chi connectivity index (χ4v) is 3.20. The van der Waals surface area contributed by atoms with Crippen LogP contribution in [0.15, 0.2) is 84.0 Å². The van der Waals surface area contributed by atoms with E-state index in [0.717, 1.165) is 33.3 Å². The number of carbonyl (C=O) groups is 1. The third-order valence-electron chi connectivity index (χ3n) is 4.92. The van der Waals surface area contributed by atoms with Gasteiger partial charge < -0.3 is 5.11 Å². The monoisotopic (exact) mass is 395 g/mol. The van der Waals surface area contributed by atoms with E-state index in [9.17, 15) is 9.90 Å². The molecule has 0 saturated carbocycles. The minimum absolute atomic E-state index is 0.183. The van der Waals surface area contributed by atoms with E-state index >= 15 is 0 Å². The average molecular weight is 395 g/mol. The van der Waals surface area contributed by atoms with Crippen LogP contribution in [0, 0.1) is 6.92 Å². The van der Waals surface area contributed by atoms with Gasteiger partial charge in [-0.05, 0) is 55.8 Å². The van der Waals surface area contributed by atoms with E-state index in [1.54, 1.807) is 37.3 Å². The molecule has 0 bridgehead atoms. The average Bonchev–Trinajstić information content (AvgIpc) is 2.77. The zero-order chi connectivity index (χ0) is 21.1. The number of nitrogens with one attached hydrogen (secondary N) is 1. The van der Waals surface area contributed by atoms with Crippen LogP contribution in [0.3, 0.4) is 0 Å². The first-order valence-corrected chi connectivity index (χ1v) is 9.62. The second-order valence-electron chi connectivity index (χ2n) is 7.12. The molecule has 0 radical (unpaired) electrons. The fourth-order valence-electron chi connectivity index (χ4n) is 3.20. The van der Waals surface area contributed by atoms with Crippen molar-refractivity contribution in [1.29, 1.82) is 0 Å². The molecule has 148 valence electrons. The molecule has 0 aliphatic rings. The van der Waals surface area contributed by atoms with Gasteiger partial charge in [0.15, 0.2) is 0 Å². The summed E-state index contributed by atoms with van der Waals surface area (Å²) in [6.45, 7) is 3.83. The van der Waals surface area contributed by atoms with Crippen molar-refractivity contribution >= 4 is 22.5 Å². The first-order chi connectivity index (χ1) is 14.5. The second kappa shape index (κ2) is 8.17. The van der Waals surface area contributed by atoms with Crippen LogP contribution < -0.4 is 5.43 Å². The van der Waals surface area contributed by atoms with Gasteiger partial charge in [0.1, 0.15) is 5.75 Å². The van der Waals surface area contributed by atoms with Crippen molar-refractivity contribution in [3.05, 3.63) is 95.6 Å². The van der Waals surface area contributed by atoms with Crippen molar-refractivity contribution in [3.63, 3.8) is 0 Å². The van der Waals surface area contributed by atoms with Crippen molar-refractivity contribution < 1.29 is 9.90 Å². The Morgan fingerprint density at radius 1 is 0.967 bits per heavy atom. The fraction of sp³-hybridized carbons (Fsp3) is 0.0800. The number of para-hydroxylation sites is 1. The standard InChI is InChI=1S/C25H21N3O2/c1-16-7-9-19(10-8-16)24-15-22(21-5-3-4-6-23(21)26-24)25(30)28-27-17(2)18-11-13-20(29)14-12-18/h3-15,29H,1-2H3,(H,28,30)/b27-17-. The van der Waals surface area contributed by atoms with E-state index in [2.05, 4.69) is 10.5 Å². The van der Waals surface area contributed by atoms with Gasteiger partial charge in [0.05, 0.1) is 22.5 Å². The molecule has 4 rings (SSSR count). The molecule has 30 heavy (non-hydrogen) atoms. The molecule has 1 aromatic heterocycles. The highest BCUT2D eigenvalue weighted by atomic mass is 16.3. The summed E-state index contributed by atoms with van der Waals surface area (Å²) in [6, 6.07) is 24.1. The van der Waals surface area contributed by atoms with Gasteiger partial charge in [-0.2, -0.15) is 5.10 Å². The number of amides is 1. The Kier molecular flexibility index (Phi) is 5.26. The molecular weight excluding hydrogens is 374 g/mol. The summed E-state index contributed by atoms with van der Waals surface area (Å²) in [5.41, 5.74) is 8.21. The minimum Gasteiger partial charge on any atom is -0.508 e. The van der Waals surface area contributed by atoms with E-state index in [4.69, 9.17) is 4.98 Å². The first-order valence-electron chi connectivity index (χ1n) is 9.62. The Morgan fingerprint density at radius 2 is 1.67 bits per heavy atom. The van der Waals surface area contributed by atoms with Crippen LogP contribution >= 0.6 is 0 Å². The van der Waals surface area contributed by atoms with Crippen LogP contribution in [-0.2, 0) is 0 Å². The van der Waals surface area contributed by atoms with Gasteiger partial charge in [0.25, 0.3) is 5.91 Å². The van der Waals surface area contributed by atoms with Gasteiger partial charge in [0.2, 0.25) is 0 Å². The molecule has 0 aliphatic carbocycles. The summed E-state index contributed by atoms with van der Waals surface area (Å²) in [6.07, 6.45) is 0. The molecule has 5 heteroatoms. The van der Waals surface area contributed by atoms with Gasteiger partial charge in [0, 0.05) is 10.9 Å². The van der Waals surface area contributed by atoms with Crippen molar-refractivity contribution in [2.45, 2.75) is 13.8 Å². The van der Waals surface area contributed by atoms with Crippen LogP contribution in [0.2, 0.25) is 0 Å². The van der Waals surface area contributed by atoms with Crippen LogP contribution in [0.5, 0.6) is 5.75 Å².